The normalized spacial score (nSPS) is 10.2. The van der Waals surface area contributed by atoms with Crippen LogP contribution in [-0.4, -0.2) is 31.1 Å². The quantitative estimate of drug-likeness (QED) is 0.773. The number of carbonyl (C=O) groups is 1. The molecule has 0 aliphatic rings. The first kappa shape index (κ1) is 9.32. The van der Waals surface area contributed by atoms with Gasteiger partial charge in [0.2, 0.25) is 0 Å². The summed E-state index contributed by atoms with van der Waals surface area (Å²) in [4.78, 5) is 14.8. The molecule has 0 saturated carbocycles. The zero-order valence-corrected chi connectivity index (χ0v) is 7.95. The number of carboxylic acids is 1. The van der Waals surface area contributed by atoms with Crippen molar-refractivity contribution in [1.29, 1.82) is 0 Å². The molecular weight excluding hydrogens is 196 g/mol. The number of aromatic carboxylic acids is 1. The second-order valence-corrected chi connectivity index (χ2v) is 2.95. The van der Waals surface area contributed by atoms with Crippen LogP contribution < -0.4 is 0 Å². The number of pyridine rings is 1. The molecule has 6 nitrogen and oxygen atoms in total. The molecule has 2 rings (SSSR count). The van der Waals surface area contributed by atoms with E-state index in [4.69, 9.17) is 5.11 Å². The topological polar surface area (TPSA) is 80.9 Å². The Morgan fingerprint density at radius 2 is 2.07 bits per heavy atom. The van der Waals surface area contributed by atoms with E-state index in [1.54, 1.807) is 31.6 Å². The SMILES string of the molecule is Cn1nnc(-c2ccncc2)c1C(=O)O. The number of rotatable bonds is 2. The highest BCUT2D eigenvalue weighted by Gasteiger charge is 2.18. The van der Waals surface area contributed by atoms with Crippen molar-refractivity contribution in [2.75, 3.05) is 0 Å². The molecule has 0 radical (unpaired) electrons. The van der Waals surface area contributed by atoms with Crippen molar-refractivity contribution >= 4 is 5.97 Å². The van der Waals surface area contributed by atoms with Gasteiger partial charge in [0.25, 0.3) is 0 Å². The Balaban J connectivity index is 2.59. The predicted octanol–water partition coefficient (Wildman–Crippen LogP) is 0.575. The molecule has 6 heteroatoms. The van der Waals surface area contributed by atoms with Crippen molar-refractivity contribution < 1.29 is 9.90 Å². The third kappa shape index (κ3) is 1.56. The molecule has 15 heavy (non-hydrogen) atoms. The van der Waals surface area contributed by atoms with Gasteiger partial charge in [0, 0.05) is 25.0 Å². The molecule has 0 amide bonds. The van der Waals surface area contributed by atoms with E-state index in [1.165, 1.54) is 4.68 Å². The molecule has 1 N–H and O–H groups in total. The predicted molar refractivity (Wildman–Crippen MR) is 51.2 cm³/mol. The van der Waals surface area contributed by atoms with Gasteiger partial charge in [-0.05, 0) is 12.1 Å². The van der Waals surface area contributed by atoms with Crippen LogP contribution in [0.4, 0.5) is 0 Å². The van der Waals surface area contributed by atoms with Crippen LogP contribution in [0.3, 0.4) is 0 Å². The number of aromatic nitrogens is 4. The molecule has 0 aliphatic carbocycles. The van der Waals surface area contributed by atoms with Gasteiger partial charge in [-0.2, -0.15) is 0 Å². The van der Waals surface area contributed by atoms with E-state index < -0.39 is 5.97 Å². The standard InChI is InChI=1S/C9H8N4O2/c1-13-8(9(14)15)7(11-12-13)6-2-4-10-5-3-6/h2-5H,1H3,(H,14,15). The van der Waals surface area contributed by atoms with Crippen LogP contribution in [0.15, 0.2) is 24.5 Å². The molecule has 0 unspecified atom stereocenters. The molecule has 76 valence electrons. The van der Waals surface area contributed by atoms with Crippen molar-refractivity contribution in [3.8, 4) is 11.3 Å². The van der Waals surface area contributed by atoms with E-state index in [2.05, 4.69) is 15.3 Å². The average molecular weight is 204 g/mol. The lowest BCUT2D eigenvalue weighted by molar-refractivity contribution is 0.0686. The molecule has 0 saturated heterocycles. The number of carboxylic acid groups (broad SMARTS) is 1. The second-order valence-electron chi connectivity index (χ2n) is 2.95. The van der Waals surface area contributed by atoms with Crippen molar-refractivity contribution in [1.82, 2.24) is 20.0 Å². The van der Waals surface area contributed by atoms with Gasteiger partial charge >= 0.3 is 5.97 Å². The van der Waals surface area contributed by atoms with Crippen LogP contribution in [0.25, 0.3) is 11.3 Å². The number of aryl methyl sites for hydroxylation is 1. The van der Waals surface area contributed by atoms with E-state index in [0.717, 1.165) is 0 Å². The fourth-order valence-corrected chi connectivity index (χ4v) is 1.30. The van der Waals surface area contributed by atoms with Gasteiger partial charge in [0.1, 0.15) is 5.69 Å². The highest BCUT2D eigenvalue weighted by Crippen LogP contribution is 2.19. The molecule has 2 aromatic rings. The Bertz CT molecular complexity index is 492. The summed E-state index contributed by atoms with van der Waals surface area (Å²) in [6.07, 6.45) is 3.16. The maximum atomic E-state index is 11.0. The van der Waals surface area contributed by atoms with Gasteiger partial charge in [-0.1, -0.05) is 5.21 Å². The smallest absolute Gasteiger partial charge is 0.356 e. The third-order valence-corrected chi connectivity index (χ3v) is 1.98. The lowest BCUT2D eigenvalue weighted by atomic mass is 10.1. The van der Waals surface area contributed by atoms with E-state index in [0.29, 0.717) is 11.3 Å². The lowest BCUT2D eigenvalue weighted by Crippen LogP contribution is -2.06. The Hall–Kier alpha value is -2.24. The van der Waals surface area contributed by atoms with Crippen LogP contribution in [0, 0.1) is 0 Å². The van der Waals surface area contributed by atoms with Crippen molar-refractivity contribution in [3.05, 3.63) is 30.2 Å². The molecule has 0 aliphatic heterocycles. The molecule has 2 heterocycles. The minimum atomic E-state index is -1.05. The molecule has 0 atom stereocenters. The maximum Gasteiger partial charge on any atom is 0.356 e. The fraction of sp³-hybridized carbons (Fsp3) is 0.111. The van der Waals surface area contributed by atoms with Crippen LogP contribution in [0.5, 0.6) is 0 Å². The van der Waals surface area contributed by atoms with Gasteiger partial charge in [-0.25, -0.2) is 9.48 Å². The number of hydrogen-bond donors (Lipinski definition) is 1. The highest BCUT2D eigenvalue weighted by molar-refractivity contribution is 5.92. The summed E-state index contributed by atoms with van der Waals surface area (Å²) in [7, 11) is 1.54. The van der Waals surface area contributed by atoms with Crippen molar-refractivity contribution in [2.24, 2.45) is 7.05 Å². The Labute approximate surface area is 85.2 Å². The Morgan fingerprint density at radius 1 is 1.40 bits per heavy atom. The molecule has 0 spiro atoms. The summed E-state index contributed by atoms with van der Waals surface area (Å²) < 4.78 is 1.23. The zero-order valence-electron chi connectivity index (χ0n) is 7.95. The average Bonchev–Trinajstić information content (AvgIpc) is 2.61. The van der Waals surface area contributed by atoms with Gasteiger partial charge in [-0.15, -0.1) is 5.10 Å². The molecule has 0 fully saturated rings. The van der Waals surface area contributed by atoms with Crippen molar-refractivity contribution in [3.63, 3.8) is 0 Å². The lowest BCUT2D eigenvalue weighted by Gasteiger charge is -1.98. The summed E-state index contributed by atoms with van der Waals surface area (Å²) in [5.74, 6) is -1.05. The minimum Gasteiger partial charge on any atom is -0.476 e. The van der Waals surface area contributed by atoms with Crippen LogP contribution >= 0.6 is 0 Å². The Morgan fingerprint density at radius 3 is 2.67 bits per heavy atom. The molecule has 0 bridgehead atoms. The van der Waals surface area contributed by atoms with E-state index in [-0.39, 0.29) is 5.69 Å². The van der Waals surface area contributed by atoms with E-state index in [1.807, 2.05) is 0 Å². The third-order valence-electron chi connectivity index (χ3n) is 1.98. The first-order valence-electron chi connectivity index (χ1n) is 4.23. The summed E-state index contributed by atoms with van der Waals surface area (Å²) in [6, 6.07) is 3.38. The minimum absolute atomic E-state index is 0.0706. The second kappa shape index (κ2) is 3.49. The molecule has 2 aromatic heterocycles. The largest absolute Gasteiger partial charge is 0.476 e. The first-order valence-corrected chi connectivity index (χ1v) is 4.23. The van der Waals surface area contributed by atoms with E-state index in [9.17, 15) is 4.79 Å². The molecule has 0 aromatic carbocycles. The zero-order chi connectivity index (χ0) is 10.8. The Kier molecular flexibility index (Phi) is 2.17. The monoisotopic (exact) mass is 204 g/mol. The maximum absolute atomic E-state index is 11.0. The van der Waals surface area contributed by atoms with Crippen LogP contribution in [0.2, 0.25) is 0 Å². The van der Waals surface area contributed by atoms with E-state index >= 15 is 0 Å². The summed E-state index contributed by atoms with van der Waals surface area (Å²) in [5, 5.41) is 16.5. The van der Waals surface area contributed by atoms with Crippen LogP contribution in [-0.2, 0) is 7.05 Å². The highest BCUT2D eigenvalue weighted by atomic mass is 16.4. The fourth-order valence-electron chi connectivity index (χ4n) is 1.30. The molecular formula is C9H8N4O2. The van der Waals surface area contributed by atoms with Gasteiger partial charge in [-0.3, -0.25) is 4.98 Å². The summed E-state index contributed by atoms with van der Waals surface area (Å²) >= 11 is 0. The van der Waals surface area contributed by atoms with Gasteiger partial charge in [0.15, 0.2) is 5.69 Å². The number of nitrogens with zero attached hydrogens (tertiary/aromatic N) is 4. The summed E-state index contributed by atoms with van der Waals surface area (Å²) in [6.45, 7) is 0. The van der Waals surface area contributed by atoms with Crippen molar-refractivity contribution in [2.45, 2.75) is 0 Å². The summed E-state index contributed by atoms with van der Waals surface area (Å²) in [5.41, 5.74) is 1.11. The first-order chi connectivity index (χ1) is 7.20. The van der Waals surface area contributed by atoms with Gasteiger partial charge < -0.3 is 5.11 Å². The van der Waals surface area contributed by atoms with Gasteiger partial charge in [0.05, 0.1) is 0 Å². The van der Waals surface area contributed by atoms with Crippen LogP contribution in [0.1, 0.15) is 10.5 Å². The number of hydrogen-bond acceptors (Lipinski definition) is 4.